The number of carbonyl (C=O) groups is 2. The van der Waals surface area contributed by atoms with E-state index in [1.165, 1.54) is 0 Å². The normalized spacial score (nSPS) is 17.5. The molecule has 2 heterocycles. The number of hydrogen-bond donors (Lipinski definition) is 1. The molecular formula is C29H33N3O4. The average Bonchev–Trinajstić information content (AvgIpc) is 2.86. The van der Waals surface area contributed by atoms with Crippen molar-refractivity contribution in [1.29, 1.82) is 0 Å². The van der Waals surface area contributed by atoms with Crippen molar-refractivity contribution < 1.29 is 19.1 Å². The summed E-state index contributed by atoms with van der Waals surface area (Å²) in [4.78, 5) is 31.6. The monoisotopic (exact) mass is 487 g/mol. The molecule has 1 fully saturated rings. The molecule has 3 aromatic rings. The van der Waals surface area contributed by atoms with Gasteiger partial charge < -0.3 is 19.7 Å². The SMILES string of the molecule is Cc1cc(C(=O)NCc2ccc(C(=O)N3CC(C)OC(C)C3)cc2)cc(C)c1OCc1cccnc1. The molecular weight excluding hydrogens is 454 g/mol. The Balaban J connectivity index is 1.33. The minimum atomic E-state index is -0.156. The maximum atomic E-state index is 12.9. The van der Waals surface area contributed by atoms with Gasteiger partial charge in [0.05, 0.1) is 12.2 Å². The second-order valence-electron chi connectivity index (χ2n) is 9.44. The zero-order valence-corrected chi connectivity index (χ0v) is 21.3. The first kappa shape index (κ1) is 25.4. The van der Waals surface area contributed by atoms with Crippen LogP contribution in [0.2, 0.25) is 0 Å². The number of aryl methyl sites for hydroxylation is 2. The number of morpholine rings is 1. The fourth-order valence-corrected chi connectivity index (χ4v) is 4.52. The molecule has 1 aliphatic heterocycles. The Morgan fingerprint density at radius 2 is 1.67 bits per heavy atom. The Morgan fingerprint density at radius 3 is 2.28 bits per heavy atom. The molecule has 7 nitrogen and oxygen atoms in total. The van der Waals surface area contributed by atoms with Gasteiger partial charge >= 0.3 is 0 Å². The molecule has 0 spiro atoms. The zero-order chi connectivity index (χ0) is 25.7. The van der Waals surface area contributed by atoms with Crippen molar-refractivity contribution in [3.05, 3.63) is 94.3 Å². The third-order valence-electron chi connectivity index (χ3n) is 6.19. The molecule has 36 heavy (non-hydrogen) atoms. The third kappa shape index (κ3) is 6.29. The van der Waals surface area contributed by atoms with Gasteiger partial charge in [-0.3, -0.25) is 14.6 Å². The van der Waals surface area contributed by atoms with Gasteiger partial charge in [0.1, 0.15) is 12.4 Å². The van der Waals surface area contributed by atoms with E-state index in [4.69, 9.17) is 9.47 Å². The number of aromatic nitrogens is 1. The highest BCUT2D eigenvalue weighted by atomic mass is 16.5. The van der Waals surface area contributed by atoms with E-state index in [-0.39, 0.29) is 24.0 Å². The van der Waals surface area contributed by atoms with E-state index >= 15 is 0 Å². The topological polar surface area (TPSA) is 80.8 Å². The molecule has 188 valence electrons. The molecule has 2 unspecified atom stereocenters. The number of carbonyl (C=O) groups excluding carboxylic acids is 2. The summed E-state index contributed by atoms with van der Waals surface area (Å²) in [5, 5.41) is 2.97. The van der Waals surface area contributed by atoms with Crippen molar-refractivity contribution in [3.63, 3.8) is 0 Å². The van der Waals surface area contributed by atoms with Crippen molar-refractivity contribution in [1.82, 2.24) is 15.2 Å². The molecule has 1 aliphatic rings. The van der Waals surface area contributed by atoms with Crippen molar-refractivity contribution in [2.24, 2.45) is 0 Å². The van der Waals surface area contributed by atoms with E-state index in [0.29, 0.717) is 37.4 Å². The lowest BCUT2D eigenvalue weighted by molar-refractivity contribution is -0.0586. The molecule has 7 heteroatoms. The Bertz CT molecular complexity index is 1180. The first-order valence-electron chi connectivity index (χ1n) is 12.2. The average molecular weight is 488 g/mol. The molecule has 1 aromatic heterocycles. The van der Waals surface area contributed by atoms with Crippen molar-refractivity contribution in [2.75, 3.05) is 13.1 Å². The van der Waals surface area contributed by atoms with E-state index in [1.54, 1.807) is 12.4 Å². The molecule has 2 aromatic carbocycles. The van der Waals surface area contributed by atoms with Crippen LogP contribution in [0.5, 0.6) is 5.75 Å². The minimum Gasteiger partial charge on any atom is -0.488 e. The first-order chi connectivity index (χ1) is 17.3. The van der Waals surface area contributed by atoms with Crippen LogP contribution in [0, 0.1) is 13.8 Å². The van der Waals surface area contributed by atoms with Gasteiger partial charge in [0, 0.05) is 48.7 Å². The van der Waals surface area contributed by atoms with E-state index in [9.17, 15) is 9.59 Å². The number of hydrogen-bond acceptors (Lipinski definition) is 5. The molecule has 4 rings (SSSR count). The Hall–Kier alpha value is -3.71. The third-order valence-corrected chi connectivity index (χ3v) is 6.19. The molecule has 0 radical (unpaired) electrons. The van der Waals surface area contributed by atoms with Gasteiger partial charge in [0.2, 0.25) is 0 Å². The van der Waals surface area contributed by atoms with Crippen molar-refractivity contribution in [3.8, 4) is 5.75 Å². The van der Waals surface area contributed by atoms with E-state index in [1.807, 2.05) is 81.1 Å². The molecule has 0 bridgehead atoms. The van der Waals surface area contributed by atoms with Gasteiger partial charge in [-0.1, -0.05) is 18.2 Å². The van der Waals surface area contributed by atoms with Crippen LogP contribution in [0.25, 0.3) is 0 Å². The predicted molar refractivity (Wildman–Crippen MR) is 138 cm³/mol. The number of nitrogens with one attached hydrogen (secondary N) is 1. The highest BCUT2D eigenvalue weighted by molar-refractivity contribution is 5.95. The molecule has 0 aliphatic carbocycles. The smallest absolute Gasteiger partial charge is 0.254 e. The maximum absolute atomic E-state index is 12.9. The number of pyridine rings is 1. The van der Waals surface area contributed by atoms with Crippen LogP contribution in [0.1, 0.15) is 56.8 Å². The Kier molecular flexibility index (Phi) is 8.00. The molecule has 0 saturated carbocycles. The Morgan fingerprint density at radius 1 is 1.00 bits per heavy atom. The summed E-state index contributed by atoms with van der Waals surface area (Å²) in [6, 6.07) is 14.9. The highest BCUT2D eigenvalue weighted by Crippen LogP contribution is 2.26. The zero-order valence-electron chi connectivity index (χ0n) is 21.3. The van der Waals surface area contributed by atoms with Crippen molar-refractivity contribution in [2.45, 2.75) is 53.1 Å². The van der Waals surface area contributed by atoms with Crippen LogP contribution < -0.4 is 10.1 Å². The minimum absolute atomic E-state index is 0.00405. The first-order valence-corrected chi connectivity index (χ1v) is 12.2. The van der Waals surface area contributed by atoms with Crippen LogP contribution in [0.15, 0.2) is 60.9 Å². The van der Waals surface area contributed by atoms with Gasteiger partial charge in [-0.25, -0.2) is 0 Å². The van der Waals surface area contributed by atoms with E-state index in [2.05, 4.69) is 10.3 Å². The summed E-state index contributed by atoms with van der Waals surface area (Å²) in [5.41, 5.74) is 4.94. The Labute approximate surface area is 212 Å². The summed E-state index contributed by atoms with van der Waals surface area (Å²) < 4.78 is 11.7. The molecule has 1 saturated heterocycles. The van der Waals surface area contributed by atoms with E-state index < -0.39 is 0 Å². The summed E-state index contributed by atoms with van der Waals surface area (Å²) in [6.07, 6.45) is 3.56. The fourth-order valence-electron chi connectivity index (χ4n) is 4.52. The molecule has 1 N–H and O–H groups in total. The van der Waals surface area contributed by atoms with Crippen LogP contribution in [0.4, 0.5) is 0 Å². The number of nitrogens with zero attached hydrogens (tertiary/aromatic N) is 2. The largest absolute Gasteiger partial charge is 0.488 e. The van der Waals surface area contributed by atoms with Gasteiger partial charge in [-0.2, -0.15) is 0 Å². The lowest BCUT2D eigenvalue weighted by Gasteiger charge is -2.35. The van der Waals surface area contributed by atoms with Crippen molar-refractivity contribution >= 4 is 11.8 Å². The van der Waals surface area contributed by atoms with Crippen LogP contribution in [0.3, 0.4) is 0 Å². The molecule has 2 amide bonds. The second kappa shape index (κ2) is 11.4. The van der Waals surface area contributed by atoms with Gasteiger partial charge in [-0.15, -0.1) is 0 Å². The summed E-state index contributed by atoms with van der Waals surface area (Å²) in [5.74, 6) is 0.626. The number of rotatable bonds is 7. The second-order valence-corrected chi connectivity index (χ2v) is 9.44. The lowest BCUT2D eigenvalue weighted by Crippen LogP contribution is -2.48. The predicted octanol–water partition coefficient (Wildman–Crippen LogP) is 4.46. The number of benzene rings is 2. The van der Waals surface area contributed by atoms with Crippen LogP contribution >= 0.6 is 0 Å². The standard InChI is InChI=1S/C29H33N3O4/c1-19-12-26(13-20(2)27(19)35-18-24-6-5-11-30-14-24)28(33)31-15-23-7-9-25(10-8-23)29(34)32-16-21(3)36-22(4)17-32/h5-14,21-22H,15-18H2,1-4H3,(H,31,33). The highest BCUT2D eigenvalue weighted by Gasteiger charge is 2.26. The quantitative estimate of drug-likeness (QED) is 0.532. The van der Waals surface area contributed by atoms with Gasteiger partial charge in [-0.05, 0) is 74.7 Å². The van der Waals surface area contributed by atoms with Gasteiger partial charge in [0.15, 0.2) is 0 Å². The van der Waals surface area contributed by atoms with Crippen LogP contribution in [-0.4, -0.2) is 47.0 Å². The summed E-state index contributed by atoms with van der Waals surface area (Å²) in [6.45, 7) is 9.81. The van der Waals surface area contributed by atoms with Gasteiger partial charge in [0.25, 0.3) is 11.8 Å². The number of amides is 2. The maximum Gasteiger partial charge on any atom is 0.254 e. The lowest BCUT2D eigenvalue weighted by atomic mass is 10.0. The summed E-state index contributed by atoms with van der Waals surface area (Å²) in [7, 11) is 0. The summed E-state index contributed by atoms with van der Waals surface area (Å²) >= 11 is 0. The van der Waals surface area contributed by atoms with E-state index in [0.717, 1.165) is 28.0 Å². The fraction of sp³-hybridized carbons (Fsp3) is 0.345. The molecule has 2 atom stereocenters. The van der Waals surface area contributed by atoms with Crippen LogP contribution in [-0.2, 0) is 17.9 Å². The number of ether oxygens (including phenoxy) is 2.